The fraction of sp³-hybridized carbons (Fsp3) is 0.258. The van der Waals surface area contributed by atoms with Crippen molar-refractivity contribution in [1.82, 2.24) is 16.1 Å². The number of hydrogen-bond acceptors (Lipinski definition) is 9. The minimum Gasteiger partial charge on any atom is -0.490 e. The van der Waals surface area contributed by atoms with Gasteiger partial charge in [0.05, 0.1) is 35.1 Å². The molecule has 1 aliphatic heterocycles. The van der Waals surface area contributed by atoms with Gasteiger partial charge >= 0.3 is 12.0 Å². The molecule has 3 aromatic rings. The third kappa shape index (κ3) is 9.25. The zero-order valence-electron chi connectivity index (χ0n) is 24.5. The lowest BCUT2D eigenvalue weighted by Crippen LogP contribution is -2.45. The van der Waals surface area contributed by atoms with Gasteiger partial charge in [-0.3, -0.25) is 5.43 Å². The minimum absolute atomic E-state index is 0.163. The molecule has 1 aliphatic rings. The first-order valence-corrected chi connectivity index (χ1v) is 15.9. The number of carbonyl (C=O) groups is 2. The highest BCUT2D eigenvalue weighted by molar-refractivity contribution is 14.1. The van der Waals surface area contributed by atoms with Crippen LogP contribution in [0.5, 0.6) is 17.2 Å². The highest BCUT2D eigenvalue weighted by atomic mass is 127. The fourth-order valence-electron chi connectivity index (χ4n) is 4.38. The van der Waals surface area contributed by atoms with Crippen LogP contribution in [0.1, 0.15) is 36.6 Å². The Morgan fingerprint density at radius 2 is 1.91 bits per heavy atom. The molecule has 4 rings (SSSR count). The summed E-state index contributed by atoms with van der Waals surface area (Å²) in [4.78, 5) is 24.6. The zero-order chi connectivity index (χ0) is 32.5. The lowest BCUT2D eigenvalue weighted by Gasteiger charge is -2.28. The number of rotatable bonds is 13. The van der Waals surface area contributed by atoms with Gasteiger partial charge in [-0.1, -0.05) is 45.7 Å². The van der Waals surface area contributed by atoms with E-state index in [9.17, 15) is 14.7 Å². The van der Waals surface area contributed by atoms with Crippen molar-refractivity contribution >= 4 is 68.3 Å². The zero-order valence-corrected chi connectivity index (χ0v) is 29.0. The summed E-state index contributed by atoms with van der Waals surface area (Å²) in [5.74, 6) is 0.782. The SMILES string of the molecule is CCOc1cc([C@@H]2NC(=O)NC(C)=C2C(=O)OC)ccc1OC[C@@H](O)N/N=C/c1cc(Br)cc(I)c1OCc1ccc(Cl)cc1. The predicted octanol–water partition coefficient (Wildman–Crippen LogP) is 5.81. The van der Waals surface area contributed by atoms with Crippen LogP contribution in [0, 0.1) is 3.57 Å². The monoisotopic (exact) mass is 812 g/mol. The van der Waals surface area contributed by atoms with Crippen molar-refractivity contribution in [2.24, 2.45) is 5.10 Å². The maximum absolute atomic E-state index is 12.5. The highest BCUT2D eigenvalue weighted by Crippen LogP contribution is 2.35. The Labute approximate surface area is 287 Å². The number of allylic oxidation sites excluding steroid dienone is 1. The first-order valence-electron chi connectivity index (χ1n) is 13.7. The molecule has 0 unspecified atom stereocenters. The second kappa shape index (κ2) is 16.2. The Morgan fingerprint density at radius 1 is 1.16 bits per heavy atom. The third-order valence-electron chi connectivity index (χ3n) is 6.43. The third-order valence-corrected chi connectivity index (χ3v) is 7.94. The van der Waals surface area contributed by atoms with E-state index in [-0.39, 0.29) is 12.2 Å². The molecular weight excluding hydrogens is 783 g/mol. The van der Waals surface area contributed by atoms with Crippen molar-refractivity contribution in [3.63, 3.8) is 0 Å². The number of hydrogen-bond donors (Lipinski definition) is 4. The molecular formula is C31H31BrClIN4O7. The van der Waals surface area contributed by atoms with Gasteiger partial charge in [0.15, 0.2) is 17.7 Å². The van der Waals surface area contributed by atoms with Crippen molar-refractivity contribution in [3.8, 4) is 17.2 Å². The molecule has 1 heterocycles. The molecule has 0 bridgehead atoms. The number of nitrogens with one attached hydrogen (secondary N) is 3. The van der Waals surface area contributed by atoms with Gasteiger partial charge in [-0.25, -0.2) is 9.59 Å². The number of halogens is 3. The Kier molecular flexibility index (Phi) is 12.3. The van der Waals surface area contributed by atoms with Crippen molar-refractivity contribution in [2.45, 2.75) is 32.7 Å². The van der Waals surface area contributed by atoms with E-state index in [2.05, 4.69) is 59.7 Å². The number of hydrazone groups is 1. The smallest absolute Gasteiger partial charge is 0.337 e. The van der Waals surface area contributed by atoms with Gasteiger partial charge in [0.2, 0.25) is 0 Å². The minimum atomic E-state index is -1.17. The van der Waals surface area contributed by atoms with Gasteiger partial charge in [-0.15, -0.1) is 0 Å². The maximum atomic E-state index is 12.5. The fourth-order valence-corrected chi connectivity index (χ4v) is 6.21. The van der Waals surface area contributed by atoms with Crippen LogP contribution in [0.4, 0.5) is 4.79 Å². The second-order valence-corrected chi connectivity index (χ2v) is 12.2. The standard InChI is InChI=1S/C31H31BrClIN4O7/c1-4-43-25-12-19(28-27(30(40)42-3)17(2)36-31(41)37-28)7-10-24(25)44-16-26(39)38-35-14-20-11-21(32)13-23(34)29(20)45-15-18-5-8-22(33)9-6-18/h5-14,26,28,38-39H,4,15-16H2,1-3H3,(H2,36,37,41)/b35-14+/t26-,28+/m1/s1. The van der Waals surface area contributed by atoms with E-state index in [1.165, 1.54) is 7.11 Å². The van der Waals surface area contributed by atoms with E-state index in [0.717, 1.165) is 13.6 Å². The van der Waals surface area contributed by atoms with Crippen LogP contribution in [-0.2, 0) is 16.1 Å². The molecule has 0 radical (unpaired) electrons. The van der Waals surface area contributed by atoms with Gasteiger partial charge < -0.3 is 34.7 Å². The second-order valence-electron chi connectivity index (χ2n) is 9.64. The number of benzene rings is 3. The molecule has 0 aromatic heterocycles. The summed E-state index contributed by atoms with van der Waals surface area (Å²) in [5, 5.41) is 20.7. The average Bonchev–Trinajstić information content (AvgIpc) is 3.00. The number of aliphatic hydroxyl groups is 1. The topological polar surface area (TPSA) is 140 Å². The number of methoxy groups -OCH3 is 1. The van der Waals surface area contributed by atoms with E-state index in [1.807, 2.05) is 31.2 Å². The largest absolute Gasteiger partial charge is 0.490 e. The Bertz CT molecular complexity index is 1600. The van der Waals surface area contributed by atoms with Crippen LogP contribution >= 0.6 is 50.1 Å². The van der Waals surface area contributed by atoms with E-state index in [0.29, 0.717) is 52.3 Å². The van der Waals surface area contributed by atoms with Crippen molar-refractivity contribution in [2.75, 3.05) is 20.3 Å². The molecule has 0 aliphatic carbocycles. The van der Waals surface area contributed by atoms with E-state index in [1.54, 1.807) is 43.5 Å². The maximum Gasteiger partial charge on any atom is 0.337 e. The molecule has 238 valence electrons. The highest BCUT2D eigenvalue weighted by Gasteiger charge is 2.32. The molecule has 0 spiro atoms. The lowest BCUT2D eigenvalue weighted by atomic mass is 9.95. The van der Waals surface area contributed by atoms with Crippen molar-refractivity contribution < 1.29 is 33.6 Å². The summed E-state index contributed by atoms with van der Waals surface area (Å²) < 4.78 is 24.3. The molecule has 4 N–H and O–H groups in total. The van der Waals surface area contributed by atoms with Gasteiger partial charge in [-0.2, -0.15) is 5.10 Å². The summed E-state index contributed by atoms with van der Waals surface area (Å²) in [6.07, 6.45) is 0.385. The van der Waals surface area contributed by atoms with Crippen LogP contribution in [0.25, 0.3) is 0 Å². The van der Waals surface area contributed by atoms with Gasteiger partial charge in [0.25, 0.3) is 0 Å². The molecule has 45 heavy (non-hydrogen) atoms. The van der Waals surface area contributed by atoms with E-state index >= 15 is 0 Å². The summed E-state index contributed by atoms with van der Waals surface area (Å²) in [6, 6.07) is 15.0. The Morgan fingerprint density at radius 3 is 2.62 bits per heavy atom. The molecule has 0 saturated carbocycles. The first-order chi connectivity index (χ1) is 21.6. The normalized spacial score (nSPS) is 15.3. The predicted molar refractivity (Wildman–Crippen MR) is 182 cm³/mol. The number of carbonyl (C=O) groups excluding carboxylic acids is 2. The number of ether oxygens (including phenoxy) is 4. The van der Waals surface area contributed by atoms with Crippen LogP contribution in [-0.4, -0.2) is 49.9 Å². The first kappa shape index (κ1) is 34.3. The van der Waals surface area contributed by atoms with Crippen LogP contribution in [0.2, 0.25) is 5.02 Å². The molecule has 0 saturated heterocycles. The average molecular weight is 814 g/mol. The summed E-state index contributed by atoms with van der Waals surface area (Å²) in [6.45, 7) is 3.94. The van der Waals surface area contributed by atoms with Gasteiger partial charge in [0.1, 0.15) is 19.0 Å². The van der Waals surface area contributed by atoms with Gasteiger partial charge in [-0.05, 0) is 84.0 Å². The van der Waals surface area contributed by atoms with Crippen LogP contribution in [0.15, 0.2) is 75.4 Å². The molecule has 11 nitrogen and oxygen atoms in total. The number of urea groups is 1. The number of amides is 2. The van der Waals surface area contributed by atoms with Crippen LogP contribution < -0.4 is 30.3 Å². The Hall–Kier alpha value is -3.53. The quantitative estimate of drug-likeness (QED) is 0.0559. The summed E-state index contributed by atoms with van der Waals surface area (Å²) >= 11 is 11.7. The van der Waals surface area contributed by atoms with Crippen molar-refractivity contribution in [3.05, 3.63) is 95.6 Å². The van der Waals surface area contributed by atoms with E-state index < -0.39 is 24.3 Å². The summed E-state index contributed by atoms with van der Waals surface area (Å²) in [7, 11) is 1.28. The lowest BCUT2D eigenvalue weighted by molar-refractivity contribution is -0.136. The molecule has 14 heteroatoms. The molecule has 3 aromatic carbocycles. The molecule has 2 amide bonds. The number of nitrogens with zero attached hydrogens (tertiary/aromatic N) is 1. The molecule has 2 atom stereocenters. The summed E-state index contributed by atoms with van der Waals surface area (Å²) in [5.41, 5.74) is 5.55. The van der Waals surface area contributed by atoms with Crippen molar-refractivity contribution in [1.29, 1.82) is 0 Å². The number of aliphatic hydroxyl groups excluding tert-OH is 1. The van der Waals surface area contributed by atoms with Gasteiger partial charge in [0, 0.05) is 20.8 Å². The molecule has 0 fully saturated rings. The van der Waals surface area contributed by atoms with E-state index in [4.69, 9.17) is 30.5 Å². The van der Waals surface area contributed by atoms with Crippen LogP contribution in [0.3, 0.4) is 0 Å². The number of esters is 1. The Balaban J connectivity index is 1.42.